The summed E-state index contributed by atoms with van der Waals surface area (Å²) in [5, 5.41) is 5.99. The topological polar surface area (TPSA) is 54.2 Å². The van der Waals surface area contributed by atoms with Gasteiger partial charge in [0.05, 0.1) is 18.4 Å². The molecule has 0 saturated heterocycles. The molecule has 0 bridgehead atoms. The van der Waals surface area contributed by atoms with E-state index < -0.39 is 17.6 Å². The van der Waals surface area contributed by atoms with E-state index in [1.807, 2.05) is 11.5 Å². The molecular formula is C16H20F4IN5. The van der Waals surface area contributed by atoms with Crippen molar-refractivity contribution in [1.82, 2.24) is 20.2 Å². The molecule has 1 aromatic heterocycles. The number of guanidine groups is 1. The van der Waals surface area contributed by atoms with Crippen LogP contribution in [0.2, 0.25) is 0 Å². The molecule has 10 heteroatoms. The van der Waals surface area contributed by atoms with Crippen LogP contribution in [-0.2, 0) is 19.3 Å². The summed E-state index contributed by atoms with van der Waals surface area (Å²) in [6.07, 6.45) is 0.506. The van der Waals surface area contributed by atoms with Gasteiger partial charge in [-0.3, -0.25) is 0 Å². The third-order valence-corrected chi connectivity index (χ3v) is 3.35. The monoisotopic (exact) mass is 485 g/mol. The molecule has 0 fully saturated rings. The maximum absolute atomic E-state index is 13.1. The van der Waals surface area contributed by atoms with Crippen molar-refractivity contribution < 1.29 is 17.6 Å². The van der Waals surface area contributed by atoms with Crippen molar-refractivity contribution >= 4 is 29.9 Å². The molecule has 0 radical (unpaired) electrons. The van der Waals surface area contributed by atoms with E-state index in [2.05, 4.69) is 20.6 Å². The second kappa shape index (κ2) is 10.3. The first-order valence-electron chi connectivity index (χ1n) is 7.73. The van der Waals surface area contributed by atoms with Crippen LogP contribution in [0.3, 0.4) is 0 Å². The summed E-state index contributed by atoms with van der Waals surface area (Å²) in [4.78, 5) is 8.08. The van der Waals surface area contributed by atoms with Gasteiger partial charge in [0, 0.05) is 32.0 Å². The fraction of sp³-hybridized carbons (Fsp3) is 0.375. The zero-order chi connectivity index (χ0) is 18.3. The summed E-state index contributed by atoms with van der Waals surface area (Å²) in [5.74, 6) is -0.537. The van der Waals surface area contributed by atoms with Gasteiger partial charge in [0.1, 0.15) is 5.82 Å². The van der Waals surface area contributed by atoms with Crippen molar-refractivity contribution in [3.8, 4) is 0 Å². The maximum Gasteiger partial charge on any atom is 0.416 e. The Morgan fingerprint density at radius 3 is 2.65 bits per heavy atom. The molecule has 0 spiro atoms. The lowest BCUT2D eigenvalue weighted by Gasteiger charge is -2.14. The molecule has 1 heterocycles. The predicted molar refractivity (Wildman–Crippen MR) is 102 cm³/mol. The molecule has 0 aliphatic heterocycles. The normalized spacial score (nSPS) is 11.8. The molecule has 0 saturated carbocycles. The Morgan fingerprint density at radius 2 is 2.04 bits per heavy atom. The Morgan fingerprint density at radius 1 is 1.27 bits per heavy atom. The largest absolute Gasteiger partial charge is 0.416 e. The van der Waals surface area contributed by atoms with E-state index in [-0.39, 0.29) is 36.1 Å². The number of imidazole rings is 1. The summed E-state index contributed by atoms with van der Waals surface area (Å²) in [6, 6.07) is 2.60. The van der Waals surface area contributed by atoms with E-state index in [9.17, 15) is 17.6 Å². The van der Waals surface area contributed by atoms with E-state index in [0.717, 1.165) is 12.1 Å². The lowest BCUT2D eigenvalue weighted by molar-refractivity contribution is -0.138. The predicted octanol–water partition coefficient (Wildman–Crippen LogP) is 3.41. The minimum Gasteiger partial charge on any atom is -0.357 e. The molecule has 1 aromatic carbocycles. The van der Waals surface area contributed by atoms with E-state index in [4.69, 9.17) is 0 Å². The van der Waals surface area contributed by atoms with Crippen molar-refractivity contribution in [3.05, 3.63) is 53.9 Å². The van der Waals surface area contributed by atoms with Gasteiger partial charge in [0.2, 0.25) is 0 Å². The van der Waals surface area contributed by atoms with Gasteiger partial charge in [0.15, 0.2) is 5.96 Å². The second-order valence-corrected chi connectivity index (χ2v) is 5.22. The fourth-order valence-corrected chi connectivity index (χ4v) is 2.18. The molecule has 2 aromatic rings. The SMILES string of the molecule is CCNC(=NCc1ccc(F)cc1C(F)(F)F)NCCn1ccnc1.I. The first kappa shape index (κ1) is 22.2. The Hall–Kier alpha value is -1.85. The number of aliphatic imine (C=N–C) groups is 1. The number of nitrogens with zero attached hydrogens (tertiary/aromatic N) is 3. The number of benzene rings is 1. The fourth-order valence-electron chi connectivity index (χ4n) is 2.18. The number of halogens is 5. The molecule has 0 unspecified atom stereocenters. The molecule has 0 aliphatic rings. The highest BCUT2D eigenvalue weighted by molar-refractivity contribution is 14.0. The zero-order valence-corrected chi connectivity index (χ0v) is 16.4. The van der Waals surface area contributed by atoms with Gasteiger partial charge in [-0.05, 0) is 24.6 Å². The third kappa shape index (κ3) is 6.81. The number of hydrogen-bond donors (Lipinski definition) is 2. The maximum atomic E-state index is 13.1. The Balaban J connectivity index is 0.00000338. The molecule has 0 atom stereocenters. The molecule has 5 nitrogen and oxygen atoms in total. The third-order valence-electron chi connectivity index (χ3n) is 3.35. The van der Waals surface area contributed by atoms with Crippen molar-refractivity contribution in [2.45, 2.75) is 26.2 Å². The van der Waals surface area contributed by atoms with Crippen LogP contribution < -0.4 is 10.6 Å². The zero-order valence-electron chi connectivity index (χ0n) is 14.1. The van der Waals surface area contributed by atoms with Crippen molar-refractivity contribution in [3.63, 3.8) is 0 Å². The first-order chi connectivity index (χ1) is 11.9. The van der Waals surface area contributed by atoms with Crippen LogP contribution in [0.25, 0.3) is 0 Å². The highest BCUT2D eigenvalue weighted by atomic mass is 127. The van der Waals surface area contributed by atoms with Crippen LogP contribution in [0.5, 0.6) is 0 Å². The molecule has 144 valence electrons. The van der Waals surface area contributed by atoms with Crippen LogP contribution in [0.4, 0.5) is 17.6 Å². The number of aromatic nitrogens is 2. The van der Waals surface area contributed by atoms with Crippen LogP contribution in [-0.4, -0.2) is 28.6 Å². The number of hydrogen-bond acceptors (Lipinski definition) is 2. The van der Waals surface area contributed by atoms with Crippen molar-refractivity contribution in [1.29, 1.82) is 0 Å². The van der Waals surface area contributed by atoms with Crippen molar-refractivity contribution in [2.75, 3.05) is 13.1 Å². The van der Waals surface area contributed by atoms with Crippen LogP contribution in [0, 0.1) is 5.82 Å². The average Bonchev–Trinajstić information content (AvgIpc) is 3.06. The molecule has 2 rings (SSSR count). The van der Waals surface area contributed by atoms with Gasteiger partial charge in [-0.15, -0.1) is 24.0 Å². The number of nitrogens with one attached hydrogen (secondary N) is 2. The van der Waals surface area contributed by atoms with Gasteiger partial charge in [-0.25, -0.2) is 14.4 Å². The molecule has 0 aliphatic carbocycles. The number of rotatable bonds is 6. The summed E-state index contributed by atoms with van der Waals surface area (Å²) in [7, 11) is 0. The van der Waals surface area contributed by atoms with Gasteiger partial charge in [-0.2, -0.15) is 13.2 Å². The van der Waals surface area contributed by atoms with E-state index in [0.29, 0.717) is 31.7 Å². The van der Waals surface area contributed by atoms with Crippen LogP contribution in [0.1, 0.15) is 18.1 Å². The summed E-state index contributed by atoms with van der Waals surface area (Å²) >= 11 is 0. The number of alkyl halides is 3. The Kier molecular flexibility index (Phi) is 8.82. The second-order valence-electron chi connectivity index (χ2n) is 5.22. The molecular weight excluding hydrogens is 465 g/mol. The van der Waals surface area contributed by atoms with E-state index in [1.54, 1.807) is 18.7 Å². The smallest absolute Gasteiger partial charge is 0.357 e. The summed E-state index contributed by atoms with van der Waals surface area (Å²) in [5.41, 5.74) is -1.09. The van der Waals surface area contributed by atoms with Crippen LogP contribution >= 0.6 is 24.0 Å². The van der Waals surface area contributed by atoms with Gasteiger partial charge in [-0.1, -0.05) is 6.07 Å². The quantitative estimate of drug-likeness (QED) is 0.286. The van der Waals surface area contributed by atoms with Gasteiger partial charge in [0.25, 0.3) is 0 Å². The first-order valence-corrected chi connectivity index (χ1v) is 7.73. The highest BCUT2D eigenvalue weighted by Crippen LogP contribution is 2.32. The lowest BCUT2D eigenvalue weighted by Crippen LogP contribution is -2.38. The molecule has 2 N–H and O–H groups in total. The minimum absolute atomic E-state index is 0. The summed E-state index contributed by atoms with van der Waals surface area (Å²) in [6.45, 7) is 3.36. The minimum atomic E-state index is -4.62. The Bertz CT molecular complexity index is 701. The van der Waals surface area contributed by atoms with Crippen molar-refractivity contribution in [2.24, 2.45) is 4.99 Å². The molecule has 26 heavy (non-hydrogen) atoms. The Labute approximate surface area is 165 Å². The standard InChI is InChI=1S/C16H19F4N5.HI/c1-2-22-15(23-6-8-25-7-5-21-11-25)24-10-12-3-4-13(17)9-14(12)16(18,19)20;/h3-5,7,9,11H,2,6,8,10H2,1H3,(H2,22,23,24);1H. The van der Waals surface area contributed by atoms with Gasteiger partial charge >= 0.3 is 6.18 Å². The highest BCUT2D eigenvalue weighted by Gasteiger charge is 2.33. The van der Waals surface area contributed by atoms with E-state index in [1.165, 1.54) is 0 Å². The summed E-state index contributed by atoms with van der Waals surface area (Å²) < 4.78 is 54.0. The lowest BCUT2D eigenvalue weighted by atomic mass is 10.1. The average molecular weight is 485 g/mol. The van der Waals surface area contributed by atoms with Crippen LogP contribution in [0.15, 0.2) is 41.9 Å². The van der Waals surface area contributed by atoms with Gasteiger partial charge < -0.3 is 15.2 Å². The molecule has 0 amide bonds. The van der Waals surface area contributed by atoms with E-state index >= 15 is 0 Å².